The summed E-state index contributed by atoms with van der Waals surface area (Å²) >= 11 is 0. The Kier molecular flexibility index (Phi) is 4.59. The third-order valence-corrected chi connectivity index (χ3v) is 5.41. The number of carbonyl (C=O) groups is 1. The predicted octanol–water partition coefficient (Wildman–Crippen LogP) is 2.12. The monoisotopic (exact) mass is 365 g/mol. The van der Waals surface area contributed by atoms with Crippen LogP contribution in [-0.4, -0.2) is 30.6 Å². The summed E-state index contributed by atoms with van der Waals surface area (Å²) in [4.78, 5) is 11.2. The van der Waals surface area contributed by atoms with Crippen LogP contribution in [0.4, 0.5) is 4.39 Å². The maximum Gasteiger partial charge on any atom is 0.335 e. The first-order valence-electron chi connectivity index (χ1n) is 7.60. The number of hydrogen-bond acceptors (Lipinski definition) is 4. The first kappa shape index (κ1) is 17.5. The molecule has 0 heterocycles. The van der Waals surface area contributed by atoms with Crippen molar-refractivity contribution in [3.8, 4) is 11.1 Å². The molecule has 0 radical (unpaired) electrons. The number of benzene rings is 2. The van der Waals surface area contributed by atoms with Gasteiger partial charge in [-0.05, 0) is 54.3 Å². The molecule has 2 aromatic carbocycles. The summed E-state index contributed by atoms with van der Waals surface area (Å²) in [7, 11) is -3.84. The minimum atomic E-state index is -3.84. The van der Waals surface area contributed by atoms with Crippen LogP contribution in [0.2, 0.25) is 0 Å². The zero-order chi connectivity index (χ0) is 18.2. The van der Waals surface area contributed by atoms with E-state index in [2.05, 4.69) is 4.72 Å². The molecule has 0 atom stereocenters. The van der Waals surface area contributed by atoms with E-state index in [0.717, 1.165) is 25.0 Å². The molecule has 0 spiro atoms. The molecule has 132 valence electrons. The number of aliphatic hydroxyl groups is 1. The fourth-order valence-corrected chi connectivity index (χ4v) is 3.78. The van der Waals surface area contributed by atoms with Gasteiger partial charge in [0.1, 0.15) is 5.82 Å². The smallest absolute Gasteiger partial charge is 0.335 e. The molecule has 6 nitrogen and oxygen atoms in total. The van der Waals surface area contributed by atoms with E-state index in [0.29, 0.717) is 11.1 Å². The average molecular weight is 365 g/mol. The predicted molar refractivity (Wildman–Crippen MR) is 88.1 cm³/mol. The summed E-state index contributed by atoms with van der Waals surface area (Å²) in [5.41, 5.74) is 0.574. The van der Waals surface area contributed by atoms with Gasteiger partial charge in [0.15, 0.2) is 0 Å². The topological polar surface area (TPSA) is 104 Å². The summed E-state index contributed by atoms with van der Waals surface area (Å²) < 4.78 is 40.9. The van der Waals surface area contributed by atoms with E-state index >= 15 is 0 Å². The quantitative estimate of drug-likeness (QED) is 0.727. The summed E-state index contributed by atoms with van der Waals surface area (Å²) in [6, 6.07) is 7.53. The summed E-state index contributed by atoms with van der Waals surface area (Å²) in [5.74, 6) is -1.86. The molecule has 0 amide bonds. The number of halogens is 1. The fraction of sp³-hybridized carbons (Fsp3) is 0.235. The van der Waals surface area contributed by atoms with Crippen LogP contribution in [-0.2, 0) is 16.6 Å². The zero-order valence-corrected chi connectivity index (χ0v) is 13.9. The minimum Gasteiger partial charge on any atom is -0.478 e. The van der Waals surface area contributed by atoms with Crippen LogP contribution in [0.25, 0.3) is 11.1 Å². The number of hydrogen-bond donors (Lipinski definition) is 3. The van der Waals surface area contributed by atoms with E-state index in [1.165, 1.54) is 24.3 Å². The lowest BCUT2D eigenvalue weighted by atomic mass is 10.0. The van der Waals surface area contributed by atoms with Gasteiger partial charge in [-0.1, -0.05) is 6.07 Å². The summed E-state index contributed by atoms with van der Waals surface area (Å²) in [6.07, 6.45) is 1.51. The third kappa shape index (κ3) is 3.87. The molecule has 1 aliphatic carbocycles. The van der Waals surface area contributed by atoms with Crippen molar-refractivity contribution in [2.75, 3.05) is 0 Å². The highest BCUT2D eigenvalue weighted by Crippen LogP contribution is 2.28. The summed E-state index contributed by atoms with van der Waals surface area (Å²) in [5, 5.41) is 18.5. The van der Waals surface area contributed by atoms with Gasteiger partial charge >= 0.3 is 5.97 Å². The number of nitrogens with one attached hydrogen (secondary N) is 1. The maximum absolute atomic E-state index is 13.6. The SMILES string of the molecule is O=C(O)c1cc(-c2ccc(F)c(CO)c2)cc(S(=O)(=O)NC2CC2)c1. The van der Waals surface area contributed by atoms with Gasteiger partial charge < -0.3 is 10.2 Å². The van der Waals surface area contributed by atoms with Gasteiger partial charge in [0.2, 0.25) is 10.0 Å². The third-order valence-electron chi connectivity index (χ3n) is 3.91. The van der Waals surface area contributed by atoms with E-state index in [9.17, 15) is 27.8 Å². The Morgan fingerprint density at radius 2 is 1.88 bits per heavy atom. The van der Waals surface area contributed by atoms with E-state index in [1.807, 2.05) is 0 Å². The minimum absolute atomic E-state index is 0.0405. The number of carboxylic acids is 1. The van der Waals surface area contributed by atoms with Gasteiger partial charge in [-0.2, -0.15) is 0 Å². The Balaban J connectivity index is 2.11. The molecule has 25 heavy (non-hydrogen) atoms. The second kappa shape index (κ2) is 6.55. The lowest BCUT2D eigenvalue weighted by molar-refractivity contribution is 0.0696. The molecule has 1 saturated carbocycles. The van der Waals surface area contributed by atoms with Crippen molar-refractivity contribution in [1.82, 2.24) is 4.72 Å². The molecular formula is C17H16FNO5S. The first-order valence-corrected chi connectivity index (χ1v) is 9.09. The second-order valence-electron chi connectivity index (χ2n) is 5.91. The van der Waals surface area contributed by atoms with Gasteiger partial charge in [-0.15, -0.1) is 0 Å². The molecule has 1 aliphatic rings. The van der Waals surface area contributed by atoms with E-state index in [4.69, 9.17) is 0 Å². The molecule has 0 bridgehead atoms. The first-order chi connectivity index (χ1) is 11.8. The van der Waals surface area contributed by atoms with E-state index in [1.54, 1.807) is 0 Å². The average Bonchev–Trinajstić information content (AvgIpc) is 3.38. The van der Waals surface area contributed by atoms with Crippen molar-refractivity contribution >= 4 is 16.0 Å². The Morgan fingerprint density at radius 1 is 1.16 bits per heavy atom. The summed E-state index contributed by atoms with van der Waals surface area (Å²) in [6.45, 7) is -0.521. The molecule has 0 unspecified atom stereocenters. The van der Waals surface area contributed by atoms with Crippen LogP contribution >= 0.6 is 0 Å². The van der Waals surface area contributed by atoms with Gasteiger partial charge in [0.25, 0.3) is 0 Å². The molecule has 0 aromatic heterocycles. The molecule has 2 aromatic rings. The Bertz CT molecular complexity index is 938. The number of sulfonamides is 1. The molecule has 0 aliphatic heterocycles. The fourth-order valence-electron chi connectivity index (χ4n) is 2.41. The largest absolute Gasteiger partial charge is 0.478 e. The molecule has 8 heteroatoms. The van der Waals surface area contributed by atoms with Crippen molar-refractivity contribution in [1.29, 1.82) is 0 Å². The van der Waals surface area contributed by atoms with Crippen molar-refractivity contribution in [3.63, 3.8) is 0 Å². The molecule has 1 fully saturated rings. The normalized spacial score (nSPS) is 14.5. The second-order valence-corrected chi connectivity index (χ2v) is 7.63. The van der Waals surface area contributed by atoms with Crippen LogP contribution < -0.4 is 4.72 Å². The Labute approximate surface area is 144 Å². The van der Waals surface area contributed by atoms with Crippen molar-refractivity contribution in [2.24, 2.45) is 0 Å². The molecular weight excluding hydrogens is 349 g/mol. The Hall–Kier alpha value is -2.29. The van der Waals surface area contributed by atoms with Crippen molar-refractivity contribution in [2.45, 2.75) is 30.4 Å². The van der Waals surface area contributed by atoms with Crippen LogP contribution in [0.3, 0.4) is 0 Å². The number of carboxylic acid groups (broad SMARTS) is 1. The van der Waals surface area contributed by atoms with Crippen LogP contribution in [0.1, 0.15) is 28.8 Å². The Morgan fingerprint density at radius 3 is 2.48 bits per heavy atom. The van der Waals surface area contributed by atoms with Crippen LogP contribution in [0, 0.1) is 5.82 Å². The maximum atomic E-state index is 13.6. The van der Waals surface area contributed by atoms with E-state index < -0.39 is 28.4 Å². The standard InChI is InChI=1S/C17H16FNO5S/c18-16-4-1-10(5-13(16)9-20)11-6-12(17(21)22)8-15(7-11)25(23,24)19-14-2-3-14/h1,4-8,14,19-20H,2-3,9H2,(H,21,22). The molecule has 3 rings (SSSR count). The van der Waals surface area contributed by atoms with Gasteiger partial charge in [0, 0.05) is 11.6 Å². The van der Waals surface area contributed by atoms with Crippen molar-refractivity contribution in [3.05, 3.63) is 53.3 Å². The van der Waals surface area contributed by atoms with Crippen molar-refractivity contribution < 1.29 is 27.8 Å². The van der Waals surface area contributed by atoms with Gasteiger partial charge in [0.05, 0.1) is 17.1 Å². The van der Waals surface area contributed by atoms with Crippen LogP contribution in [0.15, 0.2) is 41.3 Å². The highest BCUT2D eigenvalue weighted by atomic mass is 32.2. The molecule has 0 saturated heterocycles. The highest BCUT2D eigenvalue weighted by Gasteiger charge is 2.28. The number of rotatable bonds is 6. The zero-order valence-electron chi connectivity index (χ0n) is 13.1. The van der Waals surface area contributed by atoms with E-state index in [-0.39, 0.29) is 22.1 Å². The van der Waals surface area contributed by atoms with Gasteiger partial charge in [-0.3, -0.25) is 0 Å². The van der Waals surface area contributed by atoms with Crippen LogP contribution in [0.5, 0.6) is 0 Å². The lowest BCUT2D eigenvalue weighted by Gasteiger charge is -2.11. The lowest BCUT2D eigenvalue weighted by Crippen LogP contribution is -2.26. The number of aliphatic hydroxyl groups excluding tert-OH is 1. The number of aromatic carboxylic acids is 1. The molecule has 3 N–H and O–H groups in total. The highest BCUT2D eigenvalue weighted by molar-refractivity contribution is 7.89. The van der Waals surface area contributed by atoms with Gasteiger partial charge in [-0.25, -0.2) is 22.3 Å².